The molecule has 4 heteroatoms. The monoisotopic (exact) mass is 208 g/mol. The largest absolute Gasteiger partial charge is 0.410 e. The normalized spacial score (nSPS) is 14.1. The van der Waals surface area contributed by atoms with Gasteiger partial charge in [0.05, 0.1) is 5.57 Å². The highest BCUT2D eigenvalue weighted by Crippen LogP contribution is 2.18. The van der Waals surface area contributed by atoms with Gasteiger partial charge in [-0.2, -0.15) is 9.58 Å². The van der Waals surface area contributed by atoms with Crippen molar-refractivity contribution in [2.45, 2.75) is 0 Å². The van der Waals surface area contributed by atoms with Gasteiger partial charge in [-0.3, -0.25) is 0 Å². The van der Waals surface area contributed by atoms with Gasteiger partial charge in [0, 0.05) is 6.08 Å². The number of benzene rings is 1. The number of hydrogen-bond acceptors (Lipinski definition) is 0. The van der Waals surface area contributed by atoms with E-state index >= 15 is 0 Å². The maximum absolute atomic E-state index is 8.95. The van der Waals surface area contributed by atoms with E-state index < -0.39 is 0 Å². The molecule has 1 aliphatic rings. The third kappa shape index (κ3) is 1.66. The van der Waals surface area contributed by atoms with E-state index in [9.17, 15) is 0 Å². The molecule has 1 aromatic carbocycles. The van der Waals surface area contributed by atoms with Crippen LogP contribution in [-0.4, -0.2) is 21.0 Å². The second-order valence-corrected chi connectivity index (χ2v) is 3.24. The SMILES string of the molecule is [N-]=[N+]=C1C=CC=C(c2ccccc2)C1=[N+]=[N-]. The van der Waals surface area contributed by atoms with E-state index in [2.05, 4.69) is 9.58 Å². The summed E-state index contributed by atoms with van der Waals surface area (Å²) in [5.41, 5.74) is 19.8. The quantitative estimate of drug-likeness (QED) is 0.384. The predicted molar refractivity (Wildman–Crippen MR) is 60.8 cm³/mol. The van der Waals surface area contributed by atoms with Gasteiger partial charge < -0.3 is 11.1 Å². The highest BCUT2D eigenvalue weighted by molar-refractivity contribution is 6.58. The fourth-order valence-corrected chi connectivity index (χ4v) is 1.57. The number of rotatable bonds is 1. The minimum Gasteiger partial charge on any atom is -0.360 e. The van der Waals surface area contributed by atoms with Crippen molar-refractivity contribution in [2.24, 2.45) is 0 Å². The van der Waals surface area contributed by atoms with E-state index in [1.165, 1.54) is 0 Å². The van der Waals surface area contributed by atoms with Crippen LogP contribution in [0.25, 0.3) is 16.6 Å². The van der Waals surface area contributed by atoms with Gasteiger partial charge >= 0.3 is 11.4 Å². The van der Waals surface area contributed by atoms with E-state index in [0.717, 1.165) is 11.1 Å². The lowest BCUT2D eigenvalue weighted by Crippen LogP contribution is -2.18. The van der Waals surface area contributed by atoms with Crippen molar-refractivity contribution in [2.75, 3.05) is 0 Å². The number of allylic oxidation sites excluding steroid dienone is 4. The average molecular weight is 208 g/mol. The zero-order valence-electron chi connectivity index (χ0n) is 8.41. The zero-order chi connectivity index (χ0) is 11.4. The Morgan fingerprint density at radius 1 is 0.938 bits per heavy atom. The molecular weight excluding hydrogens is 200 g/mol. The van der Waals surface area contributed by atoms with E-state index in [1.807, 2.05) is 30.3 Å². The molecule has 0 atom stereocenters. The van der Waals surface area contributed by atoms with Gasteiger partial charge in [-0.25, -0.2) is 0 Å². The standard InChI is InChI=1S/C12H8N4/c13-15-11-8-4-7-10(12(11)16-14)9-5-2-1-3-6-9/h1-8H. The molecule has 76 valence electrons. The second kappa shape index (κ2) is 4.32. The molecule has 0 fully saturated rings. The smallest absolute Gasteiger partial charge is 0.360 e. The van der Waals surface area contributed by atoms with Gasteiger partial charge in [-0.05, 0) is 11.6 Å². The van der Waals surface area contributed by atoms with E-state index in [4.69, 9.17) is 11.1 Å². The molecule has 0 saturated heterocycles. The van der Waals surface area contributed by atoms with Crippen molar-refractivity contribution >= 4 is 17.0 Å². The maximum atomic E-state index is 8.95. The van der Waals surface area contributed by atoms with Gasteiger partial charge in [0.1, 0.15) is 0 Å². The Balaban J connectivity index is 2.58. The lowest BCUT2D eigenvalue weighted by molar-refractivity contribution is -0.0212. The fourth-order valence-electron chi connectivity index (χ4n) is 1.57. The minimum absolute atomic E-state index is 0.240. The summed E-state index contributed by atoms with van der Waals surface area (Å²) in [6, 6.07) is 9.47. The molecule has 4 nitrogen and oxygen atoms in total. The van der Waals surface area contributed by atoms with Crippen LogP contribution in [0.3, 0.4) is 0 Å². The van der Waals surface area contributed by atoms with Crippen molar-refractivity contribution in [3.8, 4) is 0 Å². The molecule has 0 spiro atoms. The van der Waals surface area contributed by atoms with E-state index in [0.29, 0.717) is 0 Å². The third-order valence-electron chi connectivity index (χ3n) is 2.31. The van der Waals surface area contributed by atoms with Crippen molar-refractivity contribution in [3.05, 3.63) is 65.2 Å². The number of hydrogen-bond donors (Lipinski definition) is 0. The molecule has 2 rings (SSSR count). The highest BCUT2D eigenvalue weighted by Gasteiger charge is 2.31. The van der Waals surface area contributed by atoms with Crippen LogP contribution < -0.4 is 0 Å². The van der Waals surface area contributed by atoms with Crippen LogP contribution in [-0.2, 0) is 0 Å². The summed E-state index contributed by atoms with van der Waals surface area (Å²) in [4.78, 5) is 6.24. The Kier molecular flexibility index (Phi) is 2.70. The molecule has 0 N–H and O–H groups in total. The van der Waals surface area contributed by atoms with Gasteiger partial charge in [0.15, 0.2) is 0 Å². The lowest BCUT2D eigenvalue weighted by atomic mass is 9.94. The van der Waals surface area contributed by atoms with E-state index in [-0.39, 0.29) is 11.4 Å². The Morgan fingerprint density at radius 2 is 1.69 bits per heavy atom. The zero-order valence-corrected chi connectivity index (χ0v) is 8.41. The van der Waals surface area contributed by atoms with Crippen LogP contribution in [0.1, 0.15) is 5.56 Å². The highest BCUT2D eigenvalue weighted by atomic mass is 14.9. The van der Waals surface area contributed by atoms with Gasteiger partial charge in [0.2, 0.25) is 0 Å². The Morgan fingerprint density at radius 3 is 2.31 bits per heavy atom. The Bertz CT molecular complexity index is 568. The van der Waals surface area contributed by atoms with Crippen LogP contribution in [0.5, 0.6) is 0 Å². The summed E-state index contributed by atoms with van der Waals surface area (Å²) in [5.74, 6) is 0. The fraction of sp³-hybridized carbons (Fsp3) is 0. The van der Waals surface area contributed by atoms with E-state index in [1.54, 1.807) is 18.2 Å². The Labute approximate surface area is 92.4 Å². The second-order valence-electron chi connectivity index (χ2n) is 3.24. The first kappa shape index (κ1) is 9.99. The summed E-state index contributed by atoms with van der Waals surface area (Å²) in [6.45, 7) is 0. The molecule has 0 saturated carbocycles. The summed E-state index contributed by atoms with van der Waals surface area (Å²) < 4.78 is 0. The topological polar surface area (TPSA) is 72.8 Å². The molecule has 0 unspecified atom stereocenters. The van der Waals surface area contributed by atoms with Crippen molar-refractivity contribution < 1.29 is 9.58 Å². The van der Waals surface area contributed by atoms with Gasteiger partial charge in [0.25, 0.3) is 0 Å². The maximum Gasteiger partial charge on any atom is 0.410 e. The molecule has 0 radical (unpaired) electrons. The van der Waals surface area contributed by atoms with Gasteiger partial charge in [-0.1, -0.05) is 36.4 Å². The Hall–Kier alpha value is -2.54. The van der Waals surface area contributed by atoms with Crippen molar-refractivity contribution in [1.29, 1.82) is 0 Å². The van der Waals surface area contributed by atoms with Crippen LogP contribution in [0.4, 0.5) is 0 Å². The van der Waals surface area contributed by atoms with Gasteiger partial charge in [-0.15, -0.1) is 0 Å². The first-order valence-corrected chi connectivity index (χ1v) is 4.75. The average Bonchev–Trinajstić information content (AvgIpc) is 2.38. The molecule has 0 amide bonds. The summed E-state index contributed by atoms with van der Waals surface area (Å²) in [5, 5.41) is 0. The molecule has 1 aromatic rings. The third-order valence-corrected chi connectivity index (χ3v) is 2.31. The minimum atomic E-state index is 0.240. The lowest BCUT2D eigenvalue weighted by Gasteiger charge is -2.01. The molecular formula is C12H8N4. The van der Waals surface area contributed by atoms with Crippen molar-refractivity contribution in [1.82, 2.24) is 0 Å². The van der Waals surface area contributed by atoms with Crippen LogP contribution >= 0.6 is 0 Å². The molecule has 0 heterocycles. The number of nitrogens with zero attached hydrogens (tertiary/aromatic N) is 4. The van der Waals surface area contributed by atoms with Crippen LogP contribution in [0.2, 0.25) is 0 Å². The van der Waals surface area contributed by atoms with Crippen molar-refractivity contribution in [3.63, 3.8) is 0 Å². The summed E-state index contributed by atoms with van der Waals surface area (Å²) >= 11 is 0. The molecule has 0 aliphatic heterocycles. The van der Waals surface area contributed by atoms with Crippen LogP contribution in [0, 0.1) is 0 Å². The summed E-state index contributed by atoms with van der Waals surface area (Å²) in [7, 11) is 0. The molecule has 16 heavy (non-hydrogen) atoms. The summed E-state index contributed by atoms with van der Waals surface area (Å²) in [6.07, 6.45) is 5.12. The first-order valence-electron chi connectivity index (χ1n) is 4.75. The first-order chi connectivity index (χ1) is 7.86. The molecule has 1 aliphatic carbocycles. The molecule has 0 bridgehead atoms. The predicted octanol–water partition coefficient (Wildman–Crippen LogP) is 1.98. The molecule has 0 aromatic heterocycles. The van der Waals surface area contributed by atoms with Crippen LogP contribution in [0.15, 0.2) is 48.6 Å².